The smallest absolute Gasteiger partial charge is 0.335 e. The van der Waals surface area contributed by atoms with Gasteiger partial charge in [-0.3, -0.25) is 0 Å². The lowest BCUT2D eigenvalue weighted by atomic mass is 10.1. The molecule has 4 heteroatoms. The van der Waals surface area contributed by atoms with Gasteiger partial charge in [0.15, 0.2) is 0 Å². The van der Waals surface area contributed by atoms with E-state index in [-0.39, 0.29) is 6.04 Å². The molecule has 3 nitrogen and oxygen atoms in total. The summed E-state index contributed by atoms with van der Waals surface area (Å²) in [4.78, 5) is 12.1. The van der Waals surface area contributed by atoms with Crippen LogP contribution in [-0.2, 0) is 6.54 Å². The molecule has 0 radical (unpaired) electrons. The molecular formula is C14H15NO2S. The summed E-state index contributed by atoms with van der Waals surface area (Å²) in [7, 11) is 0. The molecule has 2 rings (SSSR count). The van der Waals surface area contributed by atoms with Gasteiger partial charge < -0.3 is 10.4 Å². The second-order valence-corrected chi connectivity index (χ2v) is 5.10. The molecule has 0 spiro atoms. The van der Waals surface area contributed by atoms with E-state index in [1.807, 2.05) is 12.1 Å². The molecule has 0 saturated heterocycles. The van der Waals surface area contributed by atoms with E-state index in [4.69, 9.17) is 5.11 Å². The molecule has 1 aromatic heterocycles. The molecule has 0 aliphatic heterocycles. The van der Waals surface area contributed by atoms with Crippen LogP contribution in [0, 0.1) is 0 Å². The highest BCUT2D eigenvalue weighted by molar-refractivity contribution is 7.10. The third-order valence-electron chi connectivity index (χ3n) is 2.76. The minimum Gasteiger partial charge on any atom is -0.478 e. The molecular weight excluding hydrogens is 246 g/mol. The van der Waals surface area contributed by atoms with Crippen LogP contribution < -0.4 is 5.32 Å². The predicted octanol–water partition coefficient (Wildman–Crippen LogP) is 3.30. The Morgan fingerprint density at radius 2 is 2.22 bits per heavy atom. The molecule has 0 unspecified atom stereocenters. The quantitative estimate of drug-likeness (QED) is 0.868. The number of carbonyl (C=O) groups is 1. The number of aromatic carboxylic acids is 1. The first kappa shape index (κ1) is 12.8. The van der Waals surface area contributed by atoms with Gasteiger partial charge in [-0.25, -0.2) is 4.79 Å². The van der Waals surface area contributed by atoms with Gasteiger partial charge in [-0.2, -0.15) is 0 Å². The molecule has 18 heavy (non-hydrogen) atoms. The predicted molar refractivity (Wildman–Crippen MR) is 73.0 cm³/mol. The lowest BCUT2D eigenvalue weighted by Crippen LogP contribution is -2.17. The Morgan fingerprint density at radius 1 is 1.39 bits per heavy atom. The van der Waals surface area contributed by atoms with E-state index in [0.29, 0.717) is 12.1 Å². The highest BCUT2D eigenvalue weighted by Crippen LogP contribution is 2.18. The summed E-state index contributed by atoms with van der Waals surface area (Å²) in [5.74, 6) is -0.886. The Morgan fingerprint density at radius 3 is 2.89 bits per heavy atom. The summed E-state index contributed by atoms with van der Waals surface area (Å²) in [6.07, 6.45) is 0. The van der Waals surface area contributed by atoms with Crippen molar-refractivity contribution in [3.63, 3.8) is 0 Å². The van der Waals surface area contributed by atoms with E-state index < -0.39 is 5.97 Å². The maximum Gasteiger partial charge on any atom is 0.335 e. The number of thiophene rings is 1. The second-order valence-electron chi connectivity index (χ2n) is 4.12. The van der Waals surface area contributed by atoms with Crippen LogP contribution >= 0.6 is 11.3 Å². The number of nitrogens with one attached hydrogen (secondary N) is 1. The fourth-order valence-corrected chi connectivity index (χ4v) is 2.48. The molecule has 2 aromatic rings. The van der Waals surface area contributed by atoms with Crippen molar-refractivity contribution in [2.75, 3.05) is 0 Å². The summed E-state index contributed by atoms with van der Waals surface area (Å²) in [6, 6.07) is 11.4. The van der Waals surface area contributed by atoms with Gasteiger partial charge in [0.2, 0.25) is 0 Å². The Balaban J connectivity index is 1.98. The maximum absolute atomic E-state index is 10.9. The number of hydrogen-bond acceptors (Lipinski definition) is 3. The van der Waals surface area contributed by atoms with Crippen molar-refractivity contribution in [3.05, 3.63) is 57.8 Å². The maximum atomic E-state index is 10.9. The Bertz CT molecular complexity index is 522. The van der Waals surface area contributed by atoms with Crippen LogP contribution in [0.5, 0.6) is 0 Å². The standard InChI is InChI=1S/C14H15NO2S/c1-10(13-6-3-7-18-13)15-9-11-4-2-5-12(8-11)14(16)17/h2-8,10,15H,9H2,1H3,(H,16,17)/t10-/m0/s1. The van der Waals surface area contributed by atoms with Crippen LogP contribution in [0.4, 0.5) is 0 Å². The van der Waals surface area contributed by atoms with Crippen LogP contribution in [-0.4, -0.2) is 11.1 Å². The average Bonchev–Trinajstić information content (AvgIpc) is 2.90. The van der Waals surface area contributed by atoms with Gasteiger partial charge in [0.05, 0.1) is 5.56 Å². The summed E-state index contributed by atoms with van der Waals surface area (Å²) in [6.45, 7) is 2.77. The fourth-order valence-electron chi connectivity index (χ4n) is 1.72. The van der Waals surface area contributed by atoms with Crippen LogP contribution in [0.15, 0.2) is 41.8 Å². The molecule has 0 saturated carbocycles. The normalized spacial score (nSPS) is 12.3. The largest absolute Gasteiger partial charge is 0.478 e. The molecule has 0 aliphatic carbocycles. The monoisotopic (exact) mass is 261 g/mol. The summed E-state index contributed by atoms with van der Waals surface area (Å²) in [5.41, 5.74) is 1.32. The number of benzene rings is 1. The fraction of sp³-hybridized carbons (Fsp3) is 0.214. The minimum atomic E-state index is -0.886. The molecule has 1 aromatic carbocycles. The summed E-state index contributed by atoms with van der Waals surface area (Å²) >= 11 is 1.72. The van der Waals surface area contributed by atoms with E-state index in [0.717, 1.165) is 5.56 Å². The molecule has 1 heterocycles. The highest BCUT2D eigenvalue weighted by atomic mass is 32.1. The van der Waals surface area contributed by atoms with Crippen molar-refractivity contribution in [1.29, 1.82) is 0 Å². The molecule has 0 aliphatic rings. The van der Waals surface area contributed by atoms with Crippen LogP contribution in [0.25, 0.3) is 0 Å². The van der Waals surface area contributed by atoms with Gasteiger partial charge >= 0.3 is 5.97 Å². The number of carboxylic acids is 1. The van der Waals surface area contributed by atoms with Crippen LogP contribution in [0.1, 0.15) is 33.8 Å². The number of rotatable bonds is 5. The molecule has 1 atom stereocenters. The second kappa shape index (κ2) is 5.80. The van der Waals surface area contributed by atoms with Gasteiger partial charge in [0.25, 0.3) is 0 Å². The van der Waals surface area contributed by atoms with Crippen LogP contribution in [0.3, 0.4) is 0 Å². The van der Waals surface area contributed by atoms with Crippen molar-refractivity contribution in [1.82, 2.24) is 5.32 Å². The Kier molecular flexibility index (Phi) is 4.12. The molecule has 0 fully saturated rings. The van der Waals surface area contributed by atoms with Crippen molar-refractivity contribution >= 4 is 17.3 Å². The zero-order valence-electron chi connectivity index (χ0n) is 10.1. The van der Waals surface area contributed by atoms with Gasteiger partial charge in [-0.15, -0.1) is 11.3 Å². The van der Waals surface area contributed by atoms with E-state index >= 15 is 0 Å². The zero-order chi connectivity index (χ0) is 13.0. The first-order valence-electron chi connectivity index (χ1n) is 5.76. The first-order chi connectivity index (χ1) is 8.66. The van der Waals surface area contributed by atoms with Crippen molar-refractivity contribution in [3.8, 4) is 0 Å². The topological polar surface area (TPSA) is 49.3 Å². The zero-order valence-corrected chi connectivity index (χ0v) is 10.9. The van der Waals surface area contributed by atoms with Crippen molar-refractivity contribution < 1.29 is 9.90 Å². The Labute approximate surface area is 110 Å². The molecule has 2 N–H and O–H groups in total. The third-order valence-corrected chi connectivity index (χ3v) is 3.81. The summed E-state index contributed by atoms with van der Waals surface area (Å²) in [5, 5.41) is 14.4. The molecule has 0 amide bonds. The number of hydrogen-bond donors (Lipinski definition) is 2. The van der Waals surface area contributed by atoms with E-state index in [9.17, 15) is 4.79 Å². The SMILES string of the molecule is C[C@H](NCc1cccc(C(=O)O)c1)c1cccs1. The lowest BCUT2D eigenvalue weighted by molar-refractivity contribution is 0.0696. The Hall–Kier alpha value is -1.65. The van der Waals surface area contributed by atoms with E-state index in [1.54, 1.807) is 29.5 Å². The van der Waals surface area contributed by atoms with Gasteiger partial charge in [0, 0.05) is 17.5 Å². The minimum absolute atomic E-state index is 0.276. The number of carboxylic acid groups (broad SMARTS) is 1. The average molecular weight is 261 g/mol. The van der Waals surface area contributed by atoms with Crippen molar-refractivity contribution in [2.45, 2.75) is 19.5 Å². The van der Waals surface area contributed by atoms with E-state index in [1.165, 1.54) is 4.88 Å². The third kappa shape index (κ3) is 3.18. The highest BCUT2D eigenvalue weighted by Gasteiger charge is 2.07. The van der Waals surface area contributed by atoms with E-state index in [2.05, 4.69) is 23.7 Å². The molecule has 0 bridgehead atoms. The molecule has 94 valence electrons. The van der Waals surface area contributed by atoms with Crippen molar-refractivity contribution in [2.24, 2.45) is 0 Å². The summed E-state index contributed by atoms with van der Waals surface area (Å²) < 4.78 is 0. The van der Waals surface area contributed by atoms with Crippen LogP contribution in [0.2, 0.25) is 0 Å². The lowest BCUT2D eigenvalue weighted by Gasteiger charge is -2.12. The van der Waals surface area contributed by atoms with Gasteiger partial charge in [-0.05, 0) is 36.1 Å². The first-order valence-corrected chi connectivity index (χ1v) is 6.64. The van der Waals surface area contributed by atoms with Gasteiger partial charge in [-0.1, -0.05) is 18.2 Å². The van der Waals surface area contributed by atoms with Gasteiger partial charge in [0.1, 0.15) is 0 Å².